The van der Waals surface area contributed by atoms with Crippen molar-refractivity contribution in [2.24, 2.45) is 0 Å². The lowest BCUT2D eigenvalue weighted by atomic mass is 10.2. The Balaban J connectivity index is -0.000000219. The van der Waals surface area contributed by atoms with Gasteiger partial charge in [0.15, 0.2) is 0 Å². The molecule has 0 saturated heterocycles. The summed E-state index contributed by atoms with van der Waals surface area (Å²) in [6.07, 6.45) is -0.505. The third-order valence-corrected chi connectivity index (χ3v) is 0.667. The maximum absolute atomic E-state index is 9.87. The molecule has 114 valence electrons. The normalized spacial score (nSPS) is 10.3. The van der Waals surface area contributed by atoms with Crippen molar-refractivity contribution in [2.45, 2.75) is 6.42 Å². The molecule has 0 heterocycles. The summed E-state index contributed by atoms with van der Waals surface area (Å²) in [5.74, 6) is -2.44. The van der Waals surface area contributed by atoms with E-state index >= 15 is 0 Å². The van der Waals surface area contributed by atoms with E-state index in [4.69, 9.17) is 10.2 Å². The molecular weight excluding hydrogens is 248 g/mol. The molecule has 0 aromatic carbocycles. The van der Waals surface area contributed by atoms with E-state index in [1.165, 1.54) is 0 Å². The van der Waals surface area contributed by atoms with Crippen LogP contribution < -0.4 is 0 Å². The monoisotopic (exact) mass is 278 g/mol. The zero-order valence-electron chi connectivity index (χ0n) is 13.5. The Kier molecular flexibility index (Phi) is 11.4. The van der Waals surface area contributed by atoms with Crippen LogP contribution in [0, 0.1) is 0 Å². The fourth-order valence-electron chi connectivity index (χ4n) is 0.258. The van der Waals surface area contributed by atoms with Crippen molar-refractivity contribution in [1.29, 1.82) is 0 Å². The smallest absolute Gasteiger partial charge is 0.331 e. The molecule has 6 nitrogen and oxygen atoms in total. The van der Waals surface area contributed by atoms with Crippen LogP contribution in [0.4, 0.5) is 0 Å². The summed E-state index contributed by atoms with van der Waals surface area (Å²) >= 11 is 0. The van der Waals surface area contributed by atoms with Gasteiger partial charge < -0.3 is 19.2 Å². The molecule has 0 aromatic rings. The topological polar surface area (TPSA) is 74.6 Å². The SMILES string of the molecule is C=C(CC(=O)O)C(=O)O.C[N+](C)(C)C.C[N+](C)(C)C. The molecule has 6 heteroatoms. The van der Waals surface area contributed by atoms with E-state index in [0.717, 1.165) is 8.97 Å². The van der Waals surface area contributed by atoms with Gasteiger partial charge in [-0.15, -0.1) is 0 Å². The van der Waals surface area contributed by atoms with Crippen molar-refractivity contribution in [3.63, 3.8) is 0 Å². The maximum atomic E-state index is 9.87. The molecule has 0 aliphatic rings. The van der Waals surface area contributed by atoms with Crippen LogP contribution in [0.5, 0.6) is 0 Å². The fourth-order valence-corrected chi connectivity index (χ4v) is 0.258. The number of carboxylic acid groups (broad SMARTS) is 2. The lowest BCUT2D eigenvalue weighted by Gasteiger charge is -2.14. The number of aliphatic carboxylic acids is 2. The van der Waals surface area contributed by atoms with Gasteiger partial charge in [0, 0.05) is 5.57 Å². The Morgan fingerprint density at radius 1 is 0.842 bits per heavy atom. The van der Waals surface area contributed by atoms with E-state index in [2.05, 4.69) is 63.0 Å². The van der Waals surface area contributed by atoms with E-state index < -0.39 is 18.4 Å². The van der Waals surface area contributed by atoms with Gasteiger partial charge in [0.1, 0.15) is 0 Å². The molecule has 0 aromatic heterocycles. The summed E-state index contributed by atoms with van der Waals surface area (Å²) in [6.45, 7) is 3.01. The van der Waals surface area contributed by atoms with Gasteiger partial charge in [-0.25, -0.2) is 4.79 Å². The second-order valence-electron chi connectivity index (χ2n) is 6.85. The summed E-state index contributed by atoms with van der Waals surface area (Å²) in [4.78, 5) is 19.7. The van der Waals surface area contributed by atoms with Crippen molar-refractivity contribution in [3.05, 3.63) is 12.2 Å². The van der Waals surface area contributed by atoms with Crippen LogP contribution in [0.25, 0.3) is 0 Å². The van der Waals surface area contributed by atoms with Crippen LogP contribution in [-0.4, -0.2) is 87.5 Å². The molecule has 19 heavy (non-hydrogen) atoms. The third-order valence-electron chi connectivity index (χ3n) is 0.667. The van der Waals surface area contributed by atoms with Gasteiger partial charge in [-0.2, -0.15) is 0 Å². The highest BCUT2D eigenvalue weighted by molar-refractivity contribution is 5.91. The van der Waals surface area contributed by atoms with Gasteiger partial charge in [-0.3, -0.25) is 4.79 Å². The fraction of sp³-hybridized carbons (Fsp3) is 0.692. The molecule has 0 saturated carbocycles. The summed E-state index contributed by atoms with van der Waals surface area (Å²) < 4.78 is 2.00. The van der Waals surface area contributed by atoms with Crippen LogP contribution in [0.15, 0.2) is 12.2 Å². The molecule has 0 amide bonds. The number of quaternary nitrogens is 2. The largest absolute Gasteiger partial charge is 0.481 e. The van der Waals surface area contributed by atoms with Gasteiger partial charge in [0.05, 0.1) is 62.8 Å². The Hall–Kier alpha value is -1.40. The van der Waals surface area contributed by atoms with Gasteiger partial charge in [0.25, 0.3) is 0 Å². The van der Waals surface area contributed by atoms with Crippen molar-refractivity contribution in [3.8, 4) is 0 Å². The average molecular weight is 278 g/mol. The molecule has 0 atom stereocenters. The first-order valence-electron chi connectivity index (χ1n) is 5.74. The zero-order valence-corrected chi connectivity index (χ0v) is 13.5. The van der Waals surface area contributed by atoms with Gasteiger partial charge in [-0.05, 0) is 0 Å². The quantitative estimate of drug-likeness (QED) is 0.590. The predicted octanol–water partition coefficient (Wildman–Crippen LogP) is 0.747. The van der Waals surface area contributed by atoms with Crippen LogP contribution in [0.2, 0.25) is 0 Å². The maximum Gasteiger partial charge on any atom is 0.331 e. The summed E-state index contributed by atoms with van der Waals surface area (Å²) in [5, 5.41) is 16.1. The number of carboxylic acids is 2. The molecule has 0 aliphatic heterocycles. The first kappa shape index (κ1) is 22.8. The molecule has 2 N–H and O–H groups in total. The highest BCUT2D eigenvalue weighted by Gasteiger charge is 2.07. The lowest BCUT2D eigenvalue weighted by molar-refractivity contribution is -0.849. The van der Waals surface area contributed by atoms with Crippen molar-refractivity contribution in [2.75, 3.05) is 56.4 Å². The van der Waals surface area contributed by atoms with E-state index in [-0.39, 0.29) is 5.57 Å². The standard InChI is InChI=1S/C5H6O4.2C4H12N/c1-3(5(8)9)2-4(6)7;2*1-5(2,3)4/h1-2H2,(H,6,7)(H,8,9);2*1-4H3/q;2*+1. The minimum Gasteiger partial charge on any atom is -0.481 e. The molecule has 0 spiro atoms. The number of nitrogens with zero attached hydrogens (tertiary/aromatic N) is 2. The molecule has 0 rings (SSSR count). The first-order chi connectivity index (χ1) is 8.04. The molecular formula is C13H30N2O4+2. The lowest BCUT2D eigenvalue weighted by Crippen LogP contribution is -2.27. The highest BCUT2D eigenvalue weighted by atomic mass is 16.4. The van der Waals surface area contributed by atoms with Crippen molar-refractivity contribution in [1.82, 2.24) is 0 Å². The van der Waals surface area contributed by atoms with Gasteiger partial charge in [-0.1, -0.05) is 6.58 Å². The Morgan fingerprint density at radius 2 is 1.05 bits per heavy atom. The second kappa shape index (κ2) is 9.52. The molecule has 0 aliphatic carbocycles. The van der Waals surface area contributed by atoms with Crippen LogP contribution in [0.1, 0.15) is 6.42 Å². The van der Waals surface area contributed by atoms with Crippen molar-refractivity contribution < 1.29 is 28.8 Å². The molecule has 0 bridgehead atoms. The van der Waals surface area contributed by atoms with Crippen LogP contribution >= 0.6 is 0 Å². The molecule has 0 fully saturated rings. The predicted molar refractivity (Wildman–Crippen MR) is 76.9 cm³/mol. The number of hydrogen-bond donors (Lipinski definition) is 2. The Morgan fingerprint density at radius 3 is 1.11 bits per heavy atom. The third kappa shape index (κ3) is 81.2. The average Bonchev–Trinajstić information content (AvgIpc) is 1.94. The van der Waals surface area contributed by atoms with Gasteiger partial charge >= 0.3 is 11.9 Å². The number of carbonyl (C=O) groups is 2. The molecule has 0 radical (unpaired) electrons. The molecule has 0 unspecified atom stereocenters. The Bertz CT molecular complexity index is 275. The second-order valence-corrected chi connectivity index (χ2v) is 6.85. The van der Waals surface area contributed by atoms with Gasteiger partial charge in [0.2, 0.25) is 0 Å². The van der Waals surface area contributed by atoms with Crippen LogP contribution in [-0.2, 0) is 9.59 Å². The van der Waals surface area contributed by atoms with Crippen molar-refractivity contribution >= 4 is 11.9 Å². The Labute approximate surface area is 116 Å². The minimum atomic E-state index is -1.27. The zero-order chi connectivity index (χ0) is 16.4. The van der Waals surface area contributed by atoms with Crippen LogP contribution in [0.3, 0.4) is 0 Å². The van der Waals surface area contributed by atoms with E-state index in [1.807, 2.05) is 0 Å². The number of rotatable bonds is 3. The van der Waals surface area contributed by atoms with E-state index in [1.54, 1.807) is 0 Å². The summed E-state index contributed by atoms with van der Waals surface area (Å²) in [5.41, 5.74) is -0.303. The van der Waals surface area contributed by atoms with E-state index in [9.17, 15) is 9.59 Å². The number of hydrogen-bond acceptors (Lipinski definition) is 2. The minimum absolute atomic E-state index is 0.303. The first-order valence-corrected chi connectivity index (χ1v) is 5.74. The van der Waals surface area contributed by atoms with E-state index in [0.29, 0.717) is 0 Å². The summed E-state index contributed by atoms with van der Waals surface area (Å²) in [6, 6.07) is 0. The highest BCUT2D eigenvalue weighted by Crippen LogP contribution is 1.95. The summed E-state index contributed by atoms with van der Waals surface area (Å²) in [7, 11) is 17.0.